The average molecular weight is 250 g/mol. The standard InChI is InChI=1S/C12H14N2O4/c15-11(16)8-12(6-3-7-12)13-9-4-1-2-5-10(9)14(17)18/h1-2,4-5,13H,3,6-8H2,(H,15,16). The van der Waals surface area contributed by atoms with Gasteiger partial charge in [-0.2, -0.15) is 0 Å². The van der Waals surface area contributed by atoms with Crippen LogP contribution in [0.15, 0.2) is 24.3 Å². The molecule has 96 valence electrons. The fraction of sp³-hybridized carbons (Fsp3) is 0.417. The molecule has 0 atom stereocenters. The molecule has 1 fully saturated rings. The highest BCUT2D eigenvalue weighted by Crippen LogP contribution is 2.40. The molecule has 1 aromatic rings. The first kappa shape index (κ1) is 12.3. The van der Waals surface area contributed by atoms with Crippen molar-refractivity contribution in [3.8, 4) is 0 Å². The average Bonchev–Trinajstić information content (AvgIpc) is 2.26. The van der Waals surface area contributed by atoms with E-state index in [4.69, 9.17) is 5.11 Å². The Hall–Kier alpha value is -2.11. The van der Waals surface area contributed by atoms with Crippen molar-refractivity contribution < 1.29 is 14.8 Å². The molecule has 2 rings (SSSR count). The molecule has 1 aromatic carbocycles. The summed E-state index contributed by atoms with van der Waals surface area (Å²) < 4.78 is 0. The monoisotopic (exact) mass is 250 g/mol. The smallest absolute Gasteiger partial charge is 0.305 e. The fourth-order valence-corrected chi connectivity index (χ4v) is 2.26. The van der Waals surface area contributed by atoms with Crippen LogP contribution >= 0.6 is 0 Å². The van der Waals surface area contributed by atoms with Crippen molar-refractivity contribution in [1.82, 2.24) is 0 Å². The van der Waals surface area contributed by atoms with Crippen LogP contribution in [-0.4, -0.2) is 21.5 Å². The Morgan fingerprint density at radius 3 is 2.61 bits per heavy atom. The van der Waals surface area contributed by atoms with Crippen LogP contribution in [0.2, 0.25) is 0 Å². The second-order valence-corrected chi connectivity index (χ2v) is 4.60. The Balaban J connectivity index is 2.22. The maximum Gasteiger partial charge on any atom is 0.305 e. The molecule has 6 nitrogen and oxygen atoms in total. The number of nitrogens with zero attached hydrogens (tertiary/aromatic N) is 1. The largest absolute Gasteiger partial charge is 0.481 e. The number of nitro benzene ring substituents is 1. The Labute approximate surface area is 104 Å². The number of hydrogen-bond acceptors (Lipinski definition) is 4. The molecular weight excluding hydrogens is 236 g/mol. The Bertz CT molecular complexity index is 483. The topological polar surface area (TPSA) is 92.5 Å². The molecule has 0 spiro atoms. The van der Waals surface area contributed by atoms with Crippen molar-refractivity contribution in [2.75, 3.05) is 5.32 Å². The molecule has 0 heterocycles. The van der Waals surface area contributed by atoms with Gasteiger partial charge in [-0.1, -0.05) is 12.1 Å². The number of carboxylic acid groups (broad SMARTS) is 1. The van der Waals surface area contributed by atoms with Crippen molar-refractivity contribution in [2.24, 2.45) is 0 Å². The van der Waals surface area contributed by atoms with Gasteiger partial charge < -0.3 is 10.4 Å². The van der Waals surface area contributed by atoms with Gasteiger partial charge in [0.2, 0.25) is 0 Å². The molecule has 1 aliphatic rings. The van der Waals surface area contributed by atoms with Crippen LogP contribution in [0.4, 0.5) is 11.4 Å². The number of carboxylic acids is 1. The van der Waals surface area contributed by atoms with Gasteiger partial charge in [0.25, 0.3) is 5.69 Å². The van der Waals surface area contributed by atoms with E-state index in [0.29, 0.717) is 5.69 Å². The van der Waals surface area contributed by atoms with Crippen molar-refractivity contribution in [3.63, 3.8) is 0 Å². The third-order valence-corrected chi connectivity index (χ3v) is 3.30. The van der Waals surface area contributed by atoms with E-state index in [1.54, 1.807) is 18.2 Å². The molecule has 6 heteroatoms. The highest BCUT2D eigenvalue weighted by molar-refractivity contribution is 5.71. The van der Waals surface area contributed by atoms with Gasteiger partial charge >= 0.3 is 5.97 Å². The summed E-state index contributed by atoms with van der Waals surface area (Å²) in [7, 11) is 0. The van der Waals surface area contributed by atoms with Gasteiger partial charge in [0.1, 0.15) is 5.69 Å². The molecule has 1 saturated carbocycles. The van der Waals surface area contributed by atoms with Gasteiger partial charge in [-0.05, 0) is 25.3 Å². The number of hydrogen-bond donors (Lipinski definition) is 2. The molecule has 2 N–H and O–H groups in total. The lowest BCUT2D eigenvalue weighted by molar-refractivity contribution is -0.384. The number of aliphatic carboxylic acids is 1. The third-order valence-electron chi connectivity index (χ3n) is 3.30. The number of para-hydroxylation sites is 2. The van der Waals surface area contributed by atoms with E-state index in [1.165, 1.54) is 6.07 Å². The van der Waals surface area contributed by atoms with Crippen LogP contribution in [0.1, 0.15) is 25.7 Å². The lowest BCUT2D eigenvalue weighted by Gasteiger charge is -2.42. The lowest BCUT2D eigenvalue weighted by Crippen LogP contribution is -2.46. The molecule has 18 heavy (non-hydrogen) atoms. The minimum atomic E-state index is -0.888. The number of carbonyl (C=O) groups is 1. The normalized spacial score (nSPS) is 16.7. The zero-order chi connectivity index (χ0) is 13.2. The summed E-state index contributed by atoms with van der Waals surface area (Å²) in [6, 6.07) is 6.31. The first-order valence-corrected chi connectivity index (χ1v) is 5.76. The van der Waals surface area contributed by atoms with Crippen molar-refractivity contribution >= 4 is 17.3 Å². The molecule has 0 saturated heterocycles. The number of nitro groups is 1. The van der Waals surface area contributed by atoms with Crippen LogP contribution in [0.5, 0.6) is 0 Å². The predicted octanol–water partition coefficient (Wildman–Crippen LogP) is 2.40. The number of nitrogens with one attached hydrogen (secondary N) is 1. The Kier molecular flexibility index (Phi) is 3.18. The quantitative estimate of drug-likeness (QED) is 0.618. The van der Waals surface area contributed by atoms with E-state index in [0.717, 1.165) is 19.3 Å². The lowest BCUT2D eigenvalue weighted by atomic mass is 9.74. The van der Waals surface area contributed by atoms with E-state index >= 15 is 0 Å². The zero-order valence-electron chi connectivity index (χ0n) is 9.76. The van der Waals surface area contributed by atoms with Gasteiger partial charge in [0.05, 0.1) is 11.3 Å². The molecule has 0 unspecified atom stereocenters. The first-order valence-electron chi connectivity index (χ1n) is 5.76. The van der Waals surface area contributed by atoms with E-state index in [9.17, 15) is 14.9 Å². The van der Waals surface area contributed by atoms with E-state index < -0.39 is 16.4 Å². The van der Waals surface area contributed by atoms with Gasteiger partial charge in [-0.15, -0.1) is 0 Å². The highest BCUT2D eigenvalue weighted by atomic mass is 16.6. The van der Waals surface area contributed by atoms with Gasteiger partial charge in [-0.3, -0.25) is 14.9 Å². The summed E-state index contributed by atoms with van der Waals surface area (Å²) in [4.78, 5) is 21.3. The van der Waals surface area contributed by atoms with Crippen molar-refractivity contribution in [1.29, 1.82) is 0 Å². The van der Waals surface area contributed by atoms with Gasteiger partial charge in [-0.25, -0.2) is 0 Å². The number of anilines is 1. The summed E-state index contributed by atoms with van der Waals surface area (Å²) in [5.74, 6) is -0.888. The van der Waals surface area contributed by atoms with Crippen LogP contribution in [0.25, 0.3) is 0 Å². The molecule has 0 radical (unpaired) electrons. The number of rotatable bonds is 5. The molecule has 1 aliphatic carbocycles. The summed E-state index contributed by atoms with van der Waals surface area (Å²) >= 11 is 0. The minimum Gasteiger partial charge on any atom is -0.481 e. The van der Waals surface area contributed by atoms with E-state index in [2.05, 4.69) is 5.32 Å². The molecule has 0 aromatic heterocycles. The van der Waals surface area contributed by atoms with Crippen LogP contribution < -0.4 is 5.32 Å². The second-order valence-electron chi connectivity index (χ2n) is 4.60. The van der Waals surface area contributed by atoms with Crippen molar-refractivity contribution in [2.45, 2.75) is 31.2 Å². The summed E-state index contributed by atoms with van der Waals surface area (Å²) in [6.07, 6.45) is 2.39. The maximum absolute atomic E-state index is 10.9. The minimum absolute atomic E-state index is 0.0148. The molecule has 0 aliphatic heterocycles. The van der Waals surface area contributed by atoms with E-state index in [1.807, 2.05) is 0 Å². The molecule has 0 amide bonds. The van der Waals surface area contributed by atoms with E-state index in [-0.39, 0.29) is 12.1 Å². The summed E-state index contributed by atoms with van der Waals surface area (Å²) in [5, 5.41) is 22.8. The first-order chi connectivity index (χ1) is 8.52. The third kappa shape index (κ3) is 2.42. The maximum atomic E-state index is 10.9. The predicted molar refractivity (Wildman–Crippen MR) is 65.6 cm³/mol. The van der Waals surface area contributed by atoms with Gasteiger partial charge in [0, 0.05) is 11.6 Å². The second kappa shape index (κ2) is 4.64. The van der Waals surface area contributed by atoms with Gasteiger partial charge in [0.15, 0.2) is 0 Å². The fourth-order valence-electron chi connectivity index (χ4n) is 2.26. The zero-order valence-corrected chi connectivity index (χ0v) is 9.76. The summed E-state index contributed by atoms with van der Waals surface area (Å²) in [5.41, 5.74) is -0.157. The Morgan fingerprint density at radius 2 is 2.11 bits per heavy atom. The summed E-state index contributed by atoms with van der Waals surface area (Å²) in [6.45, 7) is 0. The Morgan fingerprint density at radius 1 is 1.44 bits per heavy atom. The molecular formula is C12H14N2O4. The highest BCUT2D eigenvalue weighted by Gasteiger charge is 2.40. The SMILES string of the molecule is O=C(O)CC1(Nc2ccccc2[N+](=O)[O-])CCC1. The van der Waals surface area contributed by atoms with Crippen molar-refractivity contribution in [3.05, 3.63) is 34.4 Å². The van der Waals surface area contributed by atoms with Crippen LogP contribution in [-0.2, 0) is 4.79 Å². The molecule has 0 bridgehead atoms. The van der Waals surface area contributed by atoms with Crippen LogP contribution in [0.3, 0.4) is 0 Å². The van der Waals surface area contributed by atoms with Crippen LogP contribution in [0, 0.1) is 10.1 Å². The number of benzene rings is 1.